The van der Waals surface area contributed by atoms with Crippen molar-refractivity contribution >= 4 is 11.6 Å². The molecule has 0 fully saturated rings. The summed E-state index contributed by atoms with van der Waals surface area (Å²) in [5.41, 5.74) is 9.67. The normalized spacial score (nSPS) is 10.4. The third kappa shape index (κ3) is 2.05. The highest BCUT2D eigenvalue weighted by molar-refractivity contribution is 6.29. The summed E-state index contributed by atoms with van der Waals surface area (Å²) in [6.07, 6.45) is 3.48. The minimum Gasteiger partial charge on any atom is -0.326 e. The van der Waals surface area contributed by atoms with Crippen LogP contribution in [0.2, 0.25) is 5.15 Å². The quantitative estimate of drug-likeness (QED) is 0.812. The molecule has 0 aliphatic carbocycles. The molecule has 0 aromatic carbocycles. The van der Waals surface area contributed by atoms with Crippen molar-refractivity contribution < 1.29 is 0 Å². The molecule has 0 amide bonds. The van der Waals surface area contributed by atoms with Crippen LogP contribution >= 0.6 is 11.6 Å². The number of hydrogen-bond donors (Lipinski definition) is 1. The monoisotopic (exact) mass is 233 g/mol. The number of nitrogens with two attached hydrogens (primary N) is 1. The molecule has 0 atom stereocenters. The molecule has 0 radical (unpaired) electrons. The molecular weight excluding hydrogens is 222 g/mol. The van der Waals surface area contributed by atoms with E-state index < -0.39 is 0 Å². The van der Waals surface area contributed by atoms with Gasteiger partial charge >= 0.3 is 0 Å². The SMILES string of the molecule is Cc1ncccc1-c1cc(Cl)ncc1CN. The second-order valence-corrected chi connectivity index (χ2v) is 3.89. The Hall–Kier alpha value is -1.45. The zero-order chi connectivity index (χ0) is 11.5. The van der Waals surface area contributed by atoms with Gasteiger partial charge in [0.2, 0.25) is 0 Å². The fourth-order valence-corrected chi connectivity index (χ4v) is 1.80. The lowest BCUT2D eigenvalue weighted by molar-refractivity contribution is 1.05. The second kappa shape index (κ2) is 4.60. The summed E-state index contributed by atoms with van der Waals surface area (Å²) in [6, 6.07) is 5.73. The molecule has 16 heavy (non-hydrogen) atoms. The Balaban J connectivity index is 2.63. The Labute approximate surface area is 99.3 Å². The first-order chi connectivity index (χ1) is 7.72. The summed E-state index contributed by atoms with van der Waals surface area (Å²) in [5.74, 6) is 0. The molecule has 2 rings (SSSR count). The lowest BCUT2D eigenvalue weighted by atomic mass is 10.0. The predicted molar refractivity (Wildman–Crippen MR) is 65.1 cm³/mol. The number of aromatic nitrogens is 2. The van der Waals surface area contributed by atoms with Gasteiger partial charge in [0.1, 0.15) is 5.15 Å². The van der Waals surface area contributed by atoms with Gasteiger partial charge in [-0.3, -0.25) is 4.98 Å². The Morgan fingerprint density at radius 2 is 2.12 bits per heavy atom. The molecule has 0 bridgehead atoms. The third-order valence-electron chi connectivity index (χ3n) is 2.47. The van der Waals surface area contributed by atoms with Crippen molar-refractivity contribution in [2.24, 2.45) is 5.73 Å². The van der Waals surface area contributed by atoms with Gasteiger partial charge in [-0.05, 0) is 30.2 Å². The van der Waals surface area contributed by atoms with Crippen LogP contribution in [0, 0.1) is 6.92 Å². The molecule has 2 heterocycles. The number of hydrogen-bond acceptors (Lipinski definition) is 3. The van der Waals surface area contributed by atoms with Crippen LogP contribution < -0.4 is 5.73 Å². The third-order valence-corrected chi connectivity index (χ3v) is 2.68. The van der Waals surface area contributed by atoms with E-state index in [2.05, 4.69) is 9.97 Å². The fourth-order valence-electron chi connectivity index (χ4n) is 1.64. The number of halogens is 1. The molecule has 2 N–H and O–H groups in total. The van der Waals surface area contributed by atoms with E-state index >= 15 is 0 Å². The number of pyridine rings is 2. The van der Waals surface area contributed by atoms with Gasteiger partial charge in [-0.2, -0.15) is 0 Å². The highest BCUT2D eigenvalue weighted by Crippen LogP contribution is 2.27. The van der Waals surface area contributed by atoms with Gasteiger partial charge in [-0.15, -0.1) is 0 Å². The maximum atomic E-state index is 5.90. The topological polar surface area (TPSA) is 51.8 Å². The van der Waals surface area contributed by atoms with Crippen molar-refractivity contribution in [2.75, 3.05) is 0 Å². The van der Waals surface area contributed by atoms with Crippen molar-refractivity contribution in [1.82, 2.24) is 9.97 Å². The average molecular weight is 234 g/mol. The second-order valence-electron chi connectivity index (χ2n) is 3.50. The first-order valence-electron chi connectivity index (χ1n) is 4.99. The molecule has 0 unspecified atom stereocenters. The van der Waals surface area contributed by atoms with E-state index in [9.17, 15) is 0 Å². The summed E-state index contributed by atoms with van der Waals surface area (Å²) < 4.78 is 0. The molecule has 2 aromatic rings. The summed E-state index contributed by atoms with van der Waals surface area (Å²) in [7, 11) is 0. The van der Waals surface area contributed by atoms with E-state index in [0.29, 0.717) is 11.7 Å². The van der Waals surface area contributed by atoms with Crippen LogP contribution in [-0.2, 0) is 6.54 Å². The number of nitrogens with zero attached hydrogens (tertiary/aromatic N) is 2. The molecule has 4 heteroatoms. The van der Waals surface area contributed by atoms with Crippen LogP contribution in [0.15, 0.2) is 30.6 Å². The Morgan fingerprint density at radius 1 is 1.31 bits per heavy atom. The van der Waals surface area contributed by atoms with Crippen LogP contribution in [-0.4, -0.2) is 9.97 Å². The van der Waals surface area contributed by atoms with Crippen LogP contribution in [0.25, 0.3) is 11.1 Å². The number of rotatable bonds is 2. The van der Waals surface area contributed by atoms with Gasteiger partial charge in [0.25, 0.3) is 0 Å². The Kier molecular flexibility index (Phi) is 3.17. The zero-order valence-electron chi connectivity index (χ0n) is 8.94. The maximum absolute atomic E-state index is 5.90. The van der Waals surface area contributed by atoms with E-state index in [1.54, 1.807) is 12.4 Å². The van der Waals surface area contributed by atoms with E-state index in [1.807, 2.05) is 25.1 Å². The van der Waals surface area contributed by atoms with E-state index in [-0.39, 0.29) is 0 Å². The smallest absolute Gasteiger partial charge is 0.129 e. The zero-order valence-corrected chi connectivity index (χ0v) is 9.70. The Morgan fingerprint density at radius 3 is 2.81 bits per heavy atom. The van der Waals surface area contributed by atoms with Gasteiger partial charge in [0.15, 0.2) is 0 Å². The van der Waals surface area contributed by atoms with Crippen molar-refractivity contribution in [3.63, 3.8) is 0 Å². The highest BCUT2D eigenvalue weighted by atomic mass is 35.5. The van der Waals surface area contributed by atoms with Crippen molar-refractivity contribution in [2.45, 2.75) is 13.5 Å². The van der Waals surface area contributed by atoms with Crippen molar-refractivity contribution in [1.29, 1.82) is 0 Å². The van der Waals surface area contributed by atoms with E-state index in [4.69, 9.17) is 17.3 Å². The first kappa shape index (κ1) is 11.0. The first-order valence-corrected chi connectivity index (χ1v) is 5.36. The lowest BCUT2D eigenvalue weighted by Gasteiger charge is -2.09. The summed E-state index contributed by atoms with van der Waals surface area (Å²) in [6.45, 7) is 2.40. The van der Waals surface area contributed by atoms with Gasteiger partial charge in [0.05, 0.1) is 0 Å². The molecule has 2 aromatic heterocycles. The van der Waals surface area contributed by atoms with E-state index in [0.717, 1.165) is 22.4 Å². The molecular formula is C12H12ClN3. The van der Waals surface area contributed by atoms with Crippen molar-refractivity contribution in [3.8, 4) is 11.1 Å². The van der Waals surface area contributed by atoms with Gasteiger partial charge in [0, 0.05) is 30.2 Å². The molecule has 0 spiro atoms. The van der Waals surface area contributed by atoms with Crippen molar-refractivity contribution in [3.05, 3.63) is 47.0 Å². The largest absolute Gasteiger partial charge is 0.326 e. The van der Waals surface area contributed by atoms with Crippen LogP contribution in [0.4, 0.5) is 0 Å². The minimum absolute atomic E-state index is 0.438. The molecule has 82 valence electrons. The van der Waals surface area contributed by atoms with Crippen LogP contribution in [0.5, 0.6) is 0 Å². The van der Waals surface area contributed by atoms with E-state index in [1.165, 1.54) is 0 Å². The standard InChI is InChI=1S/C12H12ClN3/c1-8-10(3-2-4-15-8)11-5-12(13)16-7-9(11)6-14/h2-5,7H,6,14H2,1H3. The van der Waals surface area contributed by atoms with Crippen LogP contribution in [0.1, 0.15) is 11.3 Å². The van der Waals surface area contributed by atoms with Crippen LogP contribution in [0.3, 0.4) is 0 Å². The lowest BCUT2D eigenvalue weighted by Crippen LogP contribution is -2.01. The maximum Gasteiger partial charge on any atom is 0.129 e. The highest BCUT2D eigenvalue weighted by Gasteiger charge is 2.08. The molecule has 0 aliphatic rings. The Bertz CT molecular complexity index is 511. The van der Waals surface area contributed by atoms with Gasteiger partial charge < -0.3 is 5.73 Å². The fraction of sp³-hybridized carbons (Fsp3) is 0.167. The molecule has 0 saturated carbocycles. The van der Waals surface area contributed by atoms with Gasteiger partial charge in [-0.25, -0.2) is 4.98 Å². The minimum atomic E-state index is 0.438. The average Bonchev–Trinajstić information content (AvgIpc) is 2.29. The molecule has 0 saturated heterocycles. The van der Waals surface area contributed by atoms with Gasteiger partial charge in [-0.1, -0.05) is 17.7 Å². The summed E-state index contributed by atoms with van der Waals surface area (Å²) in [4.78, 5) is 8.29. The number of aryl methyl sites for hydroxylation is 1. The summed E-state index contributed by atoms with van der Waals surface area (Å²) in [5, 5.41) is 0.468. The summed E-state index contributed by atoms with van der Waals surface area (Å²) >= 11 is 5.90. The molecule has 0 aliphatic heterocycles. The predicted octanol–water partition coefficient (Wildman–Crippen LogP) is 2.56. The molecule has 3 nitrogen and oxygen atoms in total.